The van der Waals surface area contributed by atoms with Gasteiger partial charge in [0.15, 0.2) is 11.5 Å². The summed E-state index contributed by atoms with van der Waals surface area (Å²) in [6, 6.07) is 12.2. The molecule has 2 aromatic carbocycles. The lowest BCUT2D eigenvalue weighted by molar-refractivity contribution is 0.0601. The van der Waals surface area contributed by atoms with Crippen LogP contribution in [-0.2, 0) is 11.3 Å². The van der Waals surface area contributed by atoms with Gasteiger partial charge in [-0.15, -0.1) is 0 Å². The molecular formula is C16H17NO4. The fourth-order valence-electron chi connectivity index (χ4n) is 1.88. The van der Waals surface area contributed by atoms with Gasteiger partial charge < -0.3 is 19.9 Å². The maximum absolute atomic E-state index is 11.3. The Morgan fingerprint density at radius 1 is 1.14 bits per heavy atom. The Labute approximate surface area is 123 Å². The van der Waals surface area contributed by atoms with E-state index in [2.05, 4.69) is 10.1 Å². The van der Waals surface area contributed by atoms with Crippen molar-refractivity contribution in [3.05, 3.63) is 53.6 Å². The van der Waals surface area contributed by atoms with Crippen LogP contribution in [0.2, 0.25) is 0 Å². The molecule has 5 heteroatoms. The van der Waals surface area contributed by atoms with Crippen LogP contribution in [0.1, 0.15) is 15.9 Å². The molecule has 0 aliphatic heterocycles. The molecular weight excluding hydrogens is 270 g/mol. The number of phenolic OH excluding ortho intramolecular Hbond substituents is 1. The number of esters is 1. The number of ether oxygens (including phenoxy) is 2. The standard InChI is InChI=1S/C16H17NO4/c1-20-15-9-11(3-8-14(15)18)10-17-13-6-4-12(5-7-13)16(19)21-2/h3-9,17-18H,10H2,1-2H3. The van der Waals surface area contributed by atoms with Gasteiger partial charge in [-0.2, -0.15) is 0 Å². The molecule has 5 nitrogen and oxygen atoms in total. The normalized spacial score (nSPS) is 10.0. The van der Waals surface area contributed by atoms with Crippen molar-refractivity contribution in [2.75, 3.05) is 19.5 Å². The van der Waals surface area contributed by atoms with Crippen LogP contribution < -0.4 is 10.1 Å². The van der Waals surface area contributed by atoms with E-state index in [4.69, 9.17) is 4.74 Å². The number of rotatable bonds is 5. The molecule has 0 amide bonds. The molecule has 0 aromatic heterocycles. The molecule has 0 saturated heterocycles. The van der Waals surface area contributed by atoms with Crippen LogP contribution >= 0.6 is 0 Å². The summed E-state index contributed by atoms with van der Waals surface area (Å²) in [5.41, 5.74) is 2.37. The molecule has 0 saturated carbocycles. The Kier molecular flexibility index (Phi) is 4.66. The lowest BCUT2D eigenvalue weighted by Crippen LogP contribution is -2.02. The second kappa shape index (κ2) is 6.65. The van der Waals surface area contributed by atoms with Gasteiger partial charge in [-0.25, -0.2) is 4.79 Å². The summed E-state index contributed by atoms with van der Waals surface area (Å²) in [5.74, 6) is 0.198. The Morgan fingerprint density at radius 2 is 1.86 bits per heavy atom. The van der Waals surface area contributed by atoms with Crippen LogP contribution in [0.4, 0.5) is 5.69 Å². The largest absolute Gasteiger partial charge is 0.504 e. The van der Waals surface area contributed by atoms with Gasteiger partial charge in [-0.1, -0.05) is 6.07 Å². The highest BCUT2D eigenvalue weighted by Gasteiger charge is 2.05. The summed E-state index contributed by atoms with van der Waals surface area (Å²) in [6.45, 7) is 0.578. The number of hydrogen-bond acceptors (Lipinski definition) is 5. The summed E-state index contributed by atoms with van der Waals surface area (Å²) >= 11 is 0. The minimum absolute atomic E-state index is 0.115. The van der Waals surface area contributed by atoms with Gasteiger partial charge in [-0.05, 0) is 42.0 Å². The molecule has 0 spiro atoms. The minimum Gasteiger partial charge on any atom is -0.504 e. The lowest BCUT2D eigenvalue weighted by Gasteiger charge is -2.09. The number of nitrogens with one attached hydrogen (secondary N) is 1. The van der Waals surface area contributed by atoms with E-state index >= 15 is 0 Å². The van der Waals surface area contributed by atoms with Crippen LogP contribution in [-0.4, -0.2) is 25.3 Å². The van der Waals surface area contributed by atoms with Crippen molar-refractivity contribution in [3.63, 3.8) is 0 Å². The van der Waals surface area contributed by atoms with E-state index in [9.17, 15) is 9.90 Å². The van der Waals surface area contributed by atoms with Crippen molar-refractivity contribution in [1.82, 2.24) is 0 Å². The van der Waals surface area contributed by atoms with Gasteiger partial charge in [-0.3, -0.25) is 0 Å². The Bertz CT molecular complexity index is 623. The number of carbonyl (C=O) groups is 1. The highest BCUT2D eigenvalue weighted by molar-refractivity contribution is 5.89. The zero-order valence-corrected chi connectivity index (χ0v) is 11.9. The number of anilines is 1. The SMILES string of the molecule is COC(=O)c1ccc(NCc2ccc(O)c(OC)c2)cc1. The maximum Gasteiger partial charge on any atom is 0.337 e. The molecule has 21 heavy (non-hydrogen) atoms. The minimum atomic E-state index is -0.357. The third-order valence-electron chi connectivity index (χ3n) is 3.05. The summed E-state index contributed by atoms with van der Waals surface area (Å²) in [7, 11) is 2.87. The van der Waals surface area contributed by atoms with Crippen molar-refractivity contribution in [1.29, 1.82) is 0 Å². The fourth-order valence-corrected chi connectivity index (χ4v) is 1.88. The van der Waals surface area contributed by atoms with Crippen LogP contribution in [0.25, 0.3) is 0 Å². The van der Waals surface area contributed by atoms with Gasteiger partial charge in [0.25, 0.3) is 0 Å². The third kappa shape index (κ3) is 3.66. The smallest absolute Gasteiger partial charge is 0.337 e. The van der Waals surface area contributed by atoms with E-state index < -0.39 is 0 Å². The molecule has 0 fully saturated rings. The van der Waals surface area contributed by atoms with E-state index in [-0.39, 0.29) is 11.7 Å². The summed E-state index contributed by atoms with van der Waals surface area (Å²) in [6.07, 6.45) is 0. The van der Waals surface area contributed by atoms with Crippen molar-refractivity contribution in [3.8, 4) is 11.5 Å². The van der Waals surface area contributed by atoms with Gasteiger partial charge >= 0.3 is 5.97 Å². The molecule has 0 aliphatic rings. The molecule has 0 radical (unpaired) electrons. The van der Waals surface area contributed by atoms with E-state index in [1.54, 1.807) is 24.3 Å². The quantitative estimate of drug-likeness (QED) is 0.828. The lowest BCUT2D eigenvalue weighted by atomic mass is 10.1. The van der Waals surface area contributed by atoms with Crippen LogP contribution in [0.5, 0.6) is 11.5 Å². The van der Waals surface area contributed by atoms with Crippen molar-refractivity contribution >= 4 is 11.7 Å². The summed E-state index contributed by atoms with van der Waals surface area (Å²) in [4.78, 5) is 11.3. The van der Waals surface area contributed by atoms with Crippen molar-refractivity contribution < 1.29 is 19.4 Å². The van der Waals surface area contributed by atoms with Gasteiger partial charge in [0.1, 0.15) is 0 Å². The highest BCUT2D eigenvalue weighted by Crippen LogP contribution is 2.26. The van der Waals surface area contributed by atoms with Gasteiger partial charge in [0, 0.05) is 12.2 Å². The Hall–Kier alpha value is -2.69. The van der Waals surface area contributed by atoms with Crippen LogP contribution in [0.15, 0.2) is 42.5 Å². The Morgan fingerprint density at radius 3 is 2.48 bits per heavy atom. The number of benzene rings is 2. The second-order valence-corrected chi connectivity index (χ2v) is 4.43. The highest BCUT2D eigenvalue weighted by atomic mass is 16.5. The average molecular weight is 287 g/mol. The van der Waals surface area contributed by atoms with E-state index in [1.165, 1.54) is 14.2 Å². The first-order chi connectivity index (χ1) is 10.1. The monoisotopic (exact) mass is 287 g/mol. The van der Waals surface area contributed by atoms with Crippen LogP contribution in [0.3, 0.4) is 0 Å². The molecule has 0 aliphatic carbocycles. The molecule has 0 atom stereocenters. The predicted octanol–water partition coefficient (Wildman–Crippen LogP) is 2.80. The molecule has 2 N–H and O–H groups in total. The third-order valence-corrected chi connectivity index (χ3v) is 3.05. The molecule has 0 heterocycles. The molecule has 2 rings (SSSR count). The predicted molar refractivity (Wildman–Crippen MR) is 79.8 cm³/mol. The summed E-state index contributed by atoms with van der Waals surface area (Å²) < 4.78 is 9.71. The maximum atomic E-state index is 11.3. The molecule has 0 bridgehead atoms. The zero-order valence-electron chi connectivity index (χ0n) is 11.9. The Balaban J connectivity index is 2.01. The van der Waals surface area contributed by atoms with Crippen molar-refractivity contribution in [2.24, 2.45) is 0 Å². The zero-order chi connectivity index (χ0) is 15.2. The number of aromatic hydroxyl groups is 1. The van der Waals surface area contributed by atoms with Gasteiger partial charge in [0.05, 0.1) is 19.8 Å². The number of phenols is 1. The topological polar surface area (TPSA) is 67.8 Å². The molecule has 110 valence electrons. The van der Waals surface area contributed by atoms with Crippen molar-refractivity contribution in [2.45, 2.75) is 6.54 Å². The van der Waals surface area contributed by atoms with E-state index in [0.29, 0.717) is 17.9 Å². The van der Waals surface area contributed by atoms with Gasteiger partial charge in [0.2, 0.25) is 0 Å². The summed E-state index contributed by atoms with van der Waals surface area (Å²) in [5, 5.41) is 12.8. The van der Waals surface area contributed by atoms with Crippen LogP contribution in [0, 0.1) is 0 Å². The fraction of sp³-hybridized carbons (Fsp3) is 0.188. The second-order valence-electron chi connectivity index (χ2n) is 4.43. The molecule has 2 aromatic rings. The average Bonchev–Trinajstić information content (AvgIpc) is 2.53. The number of carbonyl (C=O) groups excluding carboxylic acids is 1. The number of methoxy groups -OCH3 is 2. The first-order valence-corrected chi connectivity index (χ1v) is 6.42. The van der Waals surface area contributed by atoms with E-state index in [1.807, 2.05) is 18.2 Å². The molecule has 0 unspecified atom stereocenters. The first kappa shape index (κ1) is 14.7. The number of hydrogen-bond donors (Lipinski definition) is 2. The van der Waals surface area contributed by atoms with E-state index in [0.717, 1.165) is 11.3 Å². The first-order valence-electron chi connectivity index (χ1n) is 6.42.